The number of nitrogens with zero attached hydrogens (tertiary/aromatic N) is 2. The van der Waals surface area contributed by atoms with Crippen molar-refractivity contribution in [3.8, 4) is 17.4 Å². The van der Waals surface area contributed by atoms with Crippen LogP contribution in [0.15, 0.2) is 41.5 Å². The summed E-state index contributed by atoms with van der Waals surface area (Å²) < 4.78 is 16.0. The highest BCUT2D eigenvalue weighted by Crippen LogP contribution is 2.28. The molecule has 8 heteroatoms. The molecule has 0 saturated carbocycles. The molecule has 0 amide bonds. The molecule has 7 nitrogen and oxygen atoms in total. The van der Waals surface area contributed by atoms with Crippen molar-refractivity contribution in [1.82, 2.24) is 4.98 Å². The van der Waals surface area contributed by atoms with Crippen LogP contribution in [-0.4, -0.2) is 31.3 Å². The lowest BCUT2D eigenvalue weighted by atomic mass is 10.2. The van der Waals surface area contributed by atoms with E-state index in [9.17, 15) is 0 Å². The van der Waals surface area contributed by atoms with Gasteiger partial charge in [-0.2, -0.15) is 0 Å². The van der Waals surface area contributed by atoms with Crippen LogP contribution in [0.5, 0.6) is 17.4 Å². The summed E-state index contributed by atoms with van der Waals surface area (Å²) in [6.45, 7) is 4.32. The van der Waals surface area contributed by atoms with Gasteiger partial charge in [0.15, 0.2) is 5.96 Å². The van der Waals surface area contributed by atoms with Gasteiger partial charge in [0, 0.05) is 18.3 Å². The molecule has 0 atom stereocenters. The molecule has 1 aromatic heterocycles. The monoisotopic (exact) mass is 472 g/mol. The topological polar surface area (TPSA) is 91.0 Å². The van der Waals surface area contributed by atoms with Crippen LogP contribution in [-0.2, 0) is 6.54 Å². The normalized spacial score (nSPS) is 10.9. The maximum atomic E-state index is 5.96. The van der Waals surface area contributed by atoms with Gasteiger partial charge in [-0.15, -0.1) is 24.0 Å². The lowest BCUT2D eigenvalue weighted by molar-refractivity contribution is 0.232. The van der Waals surface area contributed by atoms with E-state index < -0.39 is 0 Å². The number of hydrogen-bond acceptors (Lipinski definition) is 5. The summed E-state index contributed by atoms with van der Waals surface area (Å²) in [6.07, 6.45) is 1.81. The predicted molar refractivity (Wildman–Crippen MR) is 114 cm³/mol. The third-order valence-electron chi connectivity index (χ3n) is 3.26. The number of aromatic nitrogens is 1. The summed E-state index contributed by atoms with van der Waals surface area (Å²) in [5, 5.41) is 3.02. The van der Waals surface area contributed by atoms with E-state index in [1.807, 2.05) is 32.0 Å². The number of pyridine rings is 1. The van der Waals surface area contributed by atoms with Gasteiger partial charge in [-0.1, -0.05) is 6.07 Å². The Labute approximate surface area is 171 Å². The van der Waals surface area contributed by atoms with Gasteiger partial charge in [0.05, 0.1) is 32.6 Å². The summed E-state index contributed by atoms with van der Waals surface area (Å²) in [7, 11) is 3.19. The second-order valence-corrected chi connectivity index (χ2v) is 5.56. The second-order valence-electron chi connectivity index (χ2n) is 5.56. The van der Waals surface area contributed by atoms with Crippen molar-refractivity contribution in [2.75, 3.05) is 19.5 Å². The fourth-order valence-corrected chi connectivity index (χ4v) is 2.08. The maximum absolute atomic E-state index is 5.96. The molecule has 0 unspecified atom stereocenters. The molecule has 0 spiro atoms. The molecule has 0 saturated heterocycles. The quantitative estimate of drug-likeness (QED) is 0.365. The zero-order chi connectivity index (χ0) is 18.2. The van der Waals surface area contributed by atoms with E-state index >= 15 is 0 Å². The number of aliphatic imine (C=N–C) groups is 1. The van der Waals surface area contributed by atoms with Crippen molar-refractivity contribution in [3.63, 3.8) is 0 Å². The van der Waals surface area contributed by atoms with Crippen LogP contribution in [0, 0.1) is 0 Å². The van der Waals surface area contributed by atoms with Gasteiger partial charge in [0.25, 0.3) is 0 Å². The van der Waals surface area contributed by atoms with Gasteiger partial charge in [-0.3, -0.25) is 0 Å². The van der Waals surface area contributed by atoms with Gasteiger partial charge in [0.2, 0.25) is 5.88 Å². The Kier molecular flexibility index (Phi) is 8.97. The third-order valence-corrected chi connectivity index (χ3v) is 3.26. The molecule has 0 bridgehead atoms. The minimum Gasteiger partial charge on any atom is -0.497 e. The van der Waals surface area contributed by atoms with Crippen molar-refractivity contribution >= 4 is 35.6 Å². The Morgan fingerprint density at radius 1 is 1.19 bits per heavy atom. The Morgan fingerprint density at radius 2 is 1.96 bits per heavy atom. The van der Waals surface area contributed by atoms with Gasteiger partial charge >= 0.3 is 0 Å². The molecule has 2 rings (SSSR count). The van der Waals surface area contributed by atoms with Crippen molar-refractivity contribution in [1.29, 1.82) is 0 Å². The number of anilines is 1. The first kappa shape index (κ1) is 21.8. The Morgan fingerprint density at radius 3 is 2.54 bits per heavy atom. The lowest BCUT2D eigenvalue weighted by Crippen LogP contribution is -2.23. The molecular weight excluding hydrogens is 447 g/mol. The zero-order valence-electron chi connectivity index (χ0n) is 15.4. The predicted octanol–water partition coefficient (Wildman–Crippen LogP) is 3.43. The van der Waals surface area contributed by atoms with E-state index in [0.717, 1.165) is 5.56 Å². The number of ether oxygens (including phenoxy) is 3. The Balaban J connectivity index is 0.00000338. The Bertz CT molecular complexity index is 721. The zero-order valence-corrected chi connectivity index (χ0v) is 17.7. The van der Waals surface area contributed by atoms with Gasteiger partial charge in [-0.05, 0) is 31.5 Å². The van der Waals surface area contributed by atoms with Crippen molar-refractivity contribution < 1.29 is 14.2 Å². The van der Waals surface area contributed by atoms with Gasteiger partial charge < -0.3 is 25.3 Å². The minimum atomic E-state index is 0. The highest BCUT2D eigenvalue weighted by molar-refractivity contribution is 14.0. The SMILES string of the molecule is COc1ccc(OC)c(NC(N)=NCc2ccc(OC(C)C)nc2)c1.I. The number of halogens is 1. The summed E-state index contributed by atoms with van der Waals surface area (Å²) in [5.74, 6) is 2.21. The molecule has 142 valence electrons. The van der Waals surface area contributed by atoms with Gasteiger partial charge in [0.1, 0.15) is 11.5 Å². The molecule has 0 aliphatic carbocycles. The molecule has 1 heterocycles. The van der Waals surface area contributed by atoms with Crippen LogP contribution < -0.4 is 25.3 Å². The fraction of sp³-hybridized carbons (Fsp3) is 0.333. The van der Waals surface area contributed by atoms with E-state index in [0.29, 0.717) is 29.6 Å². The van der Waals surface area contributed by atoms with Crippen LogP contribution in [0.1, 0.15) is 19.4 Å². The molecule has 3 N–H and O–H groups in total. The first-order valence-electron chi connectivity index (χ1n) is 7.92. The van der Waals surface area contributed by atoms with E-state index in [1.54, 1.807) is 32.5 Å². The first-order chi connectivity index (χ1) is 12.0. The highest BCUT2D eigenvalue weighted by Gasteiger charge is 2.06. The number of hydrogen-bond donors (Lipinski definition) is 2. The number of benzene rings is 1. The largest absolute Gasteiger partial charge is 0.497 e. The minimum absolute atomic E-state index is 0. The third kappa shape index (κ3) is 6.58. The number of rotatable bonds is 7. The van der Waals surface area contributed by atoms with Crippen LogP contribution >= 0.6 is 24.0 Å². The average molecular weight is 472 g/mol. The maximum Gasteiger partial charge on any atom is 0.213 e. The summed E-state index contributed by atoms with van der Waals surface area (Å²) >= 11 is 0. The van der Waals surface area contributed by atoms with Crippen molar-refractivity contribution in [2.24, 2.45) is 10.7 Å². The van der Waals surface area contributed by atoms with Crippen molar-refractivity contribution in [3.05, 3.63) is 42.1 Å². The Hall–Kier alpha value is -2.23. The molecular formula is C18H25IN4O3. The summed E-state index contributed by atoms with van der Waals surface area (Å²) in [4.78, 5) is 8.56. The molecule has 0 aliphatic rings. The van der Waals surface area contributed by atoms with E-state index in [2.05, 4.69) is 15.3 Å². The molecule has 2 aromatic rings. The molecule has 0 fully saturated rings. The highest BCUT2D eigenvalue weighted by atomic mass is 127. The molecule has 26 heavy (non-hydrogen) atoms. The average Bonchev–Trinajstić information content (AvgIpc) is 2.60. The van der Waals surface area contributed by atoms with Crippen LogP contribution in [0.2, 0.25) is 0 Å². The molecule has 0 radical (unpaired) electrons. The van der Waals surface area contributed by atoms with E-state index in [1.165, 1.54) is 0 Å². The van der Waals surface area contributed by atoms with Crippen LogP contribution in [0.4, 0.5) is 5.69 Å². The van der Waals surface area contributed by atoms with Crippen LogP contribution in [0.25, 0.3) is 0 Å². The van der Waals surface area contributed by atoms with E-state index in [-0.39, 0.29) is 36.0 Å². The summed E-state index contributed by atoms with van der Waals surface area (Å²) in [5.41, 5.74) is 7.57. The first-order valence-corrected chi connectivity index (χ1v) is 7.92. The molecule has 1 aromatic carbocycles. The number of nitrogens with two attached hydrogens (primary N) is 1. The smallest absolute Gasteiger partial charge is 0.213 e. The number of guanidine groups is 1. The van der Waals surface area contributed by atoms with Crippen LogP contribution in [0.3, 0.4) is 0 Å². The van der Waals surface area contributed by atoms with Gasteiger partial charge in [-0.25, -0.2) is 9.98 Å². The summed E-state index contributed by atoms with van der Waals surface area (Å²) in [6, 6.07) is 9.13. The van der Waals surface area contributed by atoms with E-state index in [4.69, 9.17) is 19.9 Å². The van der Waals surface area contributed by atoms with Crippen molar-refractivity contribution in [2.45, 2.75) is 26.5 Å². The number of methoxy groups -OCH3 is 2. The second kappa shape index (κ2) is 10.7. The standard InChI is InChI=1S/C18H24N4O3.HI/c1-12(2)25-17-8-5-13(10-20-17)11-21-18(19)22-15-9-14(23-3)6-7-16(15)24-4;/h5-10,12H,11H2,1-4H3,(H3,19,21,22);1H. The number of nitrogens with one attached hydrogen (secondary N) is 1. The fourth-order valence-electron chi connectivity index (χ4n) is 2.08. The lowest BCUT2D eigenvalue weighted by Gasteiger charge is -2.12. The molecule has 0 aliphatic heterocycles.